The van der Waals surface area contributed by atoms with Crippen molar-refractivity contribution < 1.29 is 4.39 Å². The molecule has 0 aliphatic carbocycles. The number of hydrogen-bond acceptors (Lipinski definition) is 1. The Morgan fingerprint density at radius 3 is 2.61 bits per heavy atom. The van der Waals surface area contributed by atoms with Crippen molar-refractivity contribution in [2.75, 3.05) is 5.32 Å². The number of aryl methyl sites for hydroxylation is 1. The first-order valence-corrected chi connectivity index (χ1v) is 7.09. The molecule has 0 aliphatic rings. The Hall–Kier alpha value is -0.870. The molecule has 2 aromatic rings. The van der Waals surface area contributed by atoms with E-state index in [2.05, 4.69) is 37.2 Å². The third-order valence-electron chi connectivity index (χ3n) is 2.65. The van der Waals surface area contributed by atoms with E-state index in [1.165, 1.54) is 11.6 Å². The van der Waals surface area contributed by atoms with Crippen molar-refractivity contribution in [2.24, 2.45) is 0 Å². The Morgan fingerprint density at radius 2 is 1.89 bits per heavy atom. The van der Waals surface area contributed by atoms with E-state index >= 15 is 0 Å². The van der Waals surface area contributed by atoms with E-state index in [1.807, 2.05) is 25.1 Å². The molecule has 0 spiro atoms. The molecule has 0 bridgehead atoms. The highest BCUT2D eigenvalue weighted by Crippen LogP contribution is 2.22. The summed E-state index contributed by atoms with van der Waals surface area (Å²) in [5, 5.41) is 3.09. The van der Waals surface area contributed by atoms with Crippen LogP contribution in [0.2, 0.25) is 0 Å². The molecule has 0 saturated heterocycles. The smallest absolute Gasteiger partial charge is 0.146 e. The Balaban J connectivity index is 2.11. The topological polar surface area (TPSA) is 12.0 Å². The van der Waals surface area contributed by atoms with E-state index in [0.717, 1.165) is 14.5 Å². The van der Waals surface area contributed by atoms with Gasteiger partial charge in [0.05, 0.1) is 5.69 Å². The first kappa shape index (κ1) is 13.6. The van der Waals surface area contributed by atoms with Crippen LogP contribution in [0.3, 0.4) is 0 Å². The van der Waals surface area contributed by atoms with Crippen LogP contribution in [0.25, 0.3) is 0 Å². The number of anilines is 1. The van der Waals surface area contributed by atoms with Gasteiger partial charge in [0, 0.05) is 15.5 Å². The maximum atomic E-state index is 13.5. The SMILES string of the molecule is Cc1ccc(CNc2cc(Br)ccc2F)cc1Br. The number of benzene rings is 2. The molecule has 0 aliphatic heterocycles. The van der Waals surface area contributed by atoms with Gasteiger partial charge in [0.25, 0.3) is 0 Å². The molecule has 0 unspecified atom stereocenters. The number of halogens is 3. The Kier molecular flexibility index (Phi) is 4.40. The van der Waals surface area contributed by atoms with Crippen molar-refractivity contribution in [2.45, 2.75) is 13.5 Å². The average Bonchev–Trinajstić information content (AvgIpc) is 2.34. The molecule has 2 rings (SSSR count). The fourth-order valence-corrected chi connectivity index (χ4v) is 2.36. The van der Waals surface area contributed by atoms with E-state index < -0.39 is 0 Å². The predicted molar refractivity (Wildman–Crippen MR) is 80.3 cm³/mol. The van der Waals surface area contributed by atoms with Crippen molar-refractivity contribution >= 4 is 37.5 Å². The van der Waals surface area contributed by atoms with E-state index in [4.69, 9.17) is 0 Å². The van der Waals surface area contributed by atoms with Crippen LogP contribution in [0.15, 0.2) is 45.3 Å². The maximum Gasteiger partial charge on any atom is 0.146 e. The quantitative estimate of drug-likeness (QED) is 0.773. The van der Waals surface area contributed by atoms with E-state index in [1.54, 1.807) is 12.1 Å². The lowest BCUT2D eigenvalue weighted by Gasteiger charge is -2.09. The predicted octanol–water partition coefficient (Wildman–Crippen LogP) is 5.27. The van der Waals surface area contributed by atoms with Gasteiger partial charge >= 0.3 is 0 Å². The van der Waals surface area contributed by atoms with Gasteiger partial charge in [0.1, 0.15) is 5.82 Å². The van der Waals surface area contributed by atoms with Crippen molar-refractivity contribution in [3.05, 3.63) is 62.3 Å². The summed E-state index contributed by atoms with van der Waals surface area (Å²) in [6.07, 6.45) is 0. The molecule has 0 saturated carbocycles. The van der Waals surface area contributed by atoms with E-state index in [-0.39, 0.29) is 5.82 Å². The highest BCUT2D eigenvalue weighted by molar-refractivity contribution is 9.10. The van der Waals surface area contributed by atoms with Crippen LogP contribution in [-0.4, -0.2) is 0 Å². The van der Waals surface area contributed by atoms with Gasteiger partial charge in [0.15, 0.2) is 0 Å². The second-order valence-electron chi connectivity index (χ2n) is 4.06. The highest BCUT2D eigenvalue weighted by Gasteiger charge is 2.03. The number of hydrogen-bond donors (Lipinski definition) is 1. The van der Waals surface area contributed by atoms with Crippen molar-refractivity contribution in [3.63, 3.8) is 0 Å². The summed E-state index contributed by atoms with van der Waals surface area (Å²) in [5.74, 6) is -0.246. The lowest BCUT2D eigenvalue weighted by Crippen LogP contribution is -2.01. The lowest BCUT2D eigenvalue weighted by molar-refractivity contribution is 0.630. The Labute approximate surface area is 123 Å². The van der Waals surface area contributed by atoms with E-state index in [9.17, 15) is 4.39 Å². The van der Waals surface area contributed by atoms with Crippen LogP contribution < -0.4 is 5.32 Å². The molecule has 2 aromatic carbocycles. The largest absolute Gasteiger partial charge is 0.379 e. The minimum Gasteiger partial charge on any atom is -0.379 e. The number of rotatable bonds is 3. The maximum absolute atomic E-state index is 13.5. The first-order valence-electron chi connectivity index (χ1n) is 5.50. The monoisotopic (exact) mass is 371 g/mol. The number of nitrogens with one attached hydrogen (secondary N) is 1. The minimum absolute atomic E-state index is 0.246. The van der Waals surface area contributed by atoms with Crippen LogP contribution in [-0.2, 0) is 6.54 Å². The van der Waals surface area contributed by atoms with Gasteiger partial charge in [-0.25, -0.2) is 4.39 Å². The zero-order chi connectivity index (χ0) is 13.1. The van der Waals surface area contributed by atoms with Crippen molar-refractivity contribution in [1.82, 2.24) is 0 Å². The van der Waals surface area contributed by atoms with Crippen LogP contribution in [0.5, 0.6) is 0 Å². The fourth-order valence-electron chi connectivity index (χ4n) is 1.58. The molecule has 0 aromatic heterocycles. The molecule has 0 heterocycles. The third kappa shape index (κ3) is 3.33. The Morgan fingerprint density at radius 1 is 1.11 bits per heavy atom. The molecule has 0 fully saturated rings. The van der Waals surface area contributed by atoms with Gasteiger partial charge in [-0.05, 0) is 42.3 Å². The van der Waals surface area contributed by atoms with Crippen molar-refractivity contribution in [1.29, 1.82) is 0 Å². The second-order valence-corrected chi connectivity index (χ2v) is 5.83. The summed E-state index contributed by atoms with van der Waals surface area (Å²) in [4.78, 5) is 0. The summed E-state index contributed by atoms with van der Waals surface area (Å²) in [6, 6.07) is 11.0. The van der Waals surface area contributed by atoms with Crippen LogP contribution >= 0.6 is 31.9 Å². The fraction of sp³-hybridized carbons (Fsp3) is 0.143. The van der Waals surface area contributed by atoms with Gasteiger partial charge in [-0.1, -0.05) is 44.0 Å². The summed E-state index contributed by atoms with van der Waals surface area (Å²) in [6.45, 7) is 2.63. The molecule has 94 valence electrons. The summed E-state index contributed by atoms with van der Waals surface area (Å²) in [5.41, 5.74) is 2.79. The molecule has 18 heavy (non-hydrogen) atoms. The molecule has 4 heteroatoms. The molecular formula is C14H12Br2FN. The van der Waals surface area contributed by atoms with Crippen LogP contribution in [0.1, 0.15) is 11.1 Å². The van der Waals surface area contributed by atoms with E-state index in [0.29, 0.717) is 12.2 Å². The summed E-state index contributed by atoms with van der Waals surface area (Å²) >= 11 is 6.82. The summed E-state index contributed by atoms with van der Waals surface area (Å²) < 4.78 is 15.4. The average molecular weight is 373 g/mol. The van der Waals surface area contributed by atoms with Gasteiger partial charge in [0.2, 0.25) is 0 Å². The molecular weight excluding hydrogens is 361 g/mol. The second kappa shape index (κ2) is 5.85. The molecule has 0 radical (unpaired) electrons. The first-order chi connectivity index (χ1) is 8.56. The molecule has 1 nitrogen and oxygen atoms in total. The Bertz CT molecular complexity index is 570. The van der Waals surface area contributed by atoms with Gasteiger partial charge in [-0.2, -0.15) is 0 Å². The van der Waals surface area contributed by atoms with Gasteiger partial charge in [-0.3, -0.25) is 0 Å². The zero-order valence-corrected chi connectivity index (χ0v) is 13.0. The van der Waals surface area contributed by atoms with Crippen LogP contribution in [0.4, 0.5) is 10.1 Å². The molecule has 0 amide bonds. The molecule has 0 atom stereocenters. The van der Waals surface area contributed by atoms with Gasteiger partial charge in [-0.15, -0.1) is 0 Å². The molecule has 1 N–H and O–H groups in total. The summed E-state index contributed by atoms with van der Waals surface area (Å²) in [7, 11) is 0. The normalized spacial score (nSPS) is 10.4. The third-order valence-corrected chi connectivity index (χ3v) is 4.00. The highest BCUT2D eigenvalue weighted by atomic mass is 79.9. The van der Waals surface area contributed by atoms with Crippen LogP contribution in [0, 0.1) is 12.7 Å². The lowest BCUT2D eigenvalue weighted by atomic mass is 10.1. The standard InChI is InChI=1S/C14H12Br2FN/c1-9-2-3-10(6-12(9)16)8-18-14-7-11(15)4-5-13(14)17/h2-7,18H,8H2,1H3. The zero-order valence-electron chi connectivity index (χ0n) is 9.81. The minimum atomic E-state index is -0.246. The van der Waals surface area contributed by atoms with Crippen molar-refractivity contribution in [3.8, 4) is 0 Å². The van der Waals surface area contributed by atoms with Gasteiger partial charge < -0.3 is 5.32 Å².